The van der Waals surface area contributed by atoms with E-state index >= 15 is 0 Å². The van der Waals surface area contributed by atoms with Gasteiger partial charge >= 0.3 is 5.97 Å². The number of carbonyl (C=O) groups is 1. The number of aromatic carboxylic acids is 1. The zero-order valence-electron chi connectivity index (χ0n) is 13.1. The lowest BCUT2D eigenvalue weighted by atomic mass is 9.86. The lowest BCUT2D eigenvalue weighted by Gasteiger charge is -2.19. The molecule has 0 spiro atoms. The molecule has 0 unspecified atom stereocenters. The number of rotatable bonds is 8. The Hall–Kier alpha value is -1.35. The van der Waals surface area contributed by atoms with Crippen LogP contribution in [0.15, 0.2) is 6.07 Å². The maximum absolute atomic E-state index is 11.5. The minimum atomic E-state index is -0.817. The zero-order valence-corrected chi connectivity index (χ0v) is 13.1. The quantitative estimate of drug-likeness (QED) is 0.738. The van der Waals surface area contributed by atoms with Gasteiger partial charge in [-0.2, -0.15) is 0 Å². The second-order valence-corrected chi connectivity index (χ2v) is 4.83. The molecule has 0 aliphatic rings. The maximum atomic E-state index is 11.5. The minimum Gasteiger partial charge on any atom is -0.478 e. The molecule has 0 aromatic heterocycles. The summed E-state index contributed by atoms with van der Waals surface area (Å²) < 4.78 is 5.47. The Morgan fingerprint density at radius 3 is 2.15 bits per heavy atom. The van der Waals surface area contributed by atoms with Crippen molar-refractivity contribution in [3.63, 3.8) is 0 Å². The van der Waals surface area contributed by atoms with Crippen molar-refractivity contribution < 1.29 is 14.6 Å². The first-order chi connectivity index (χ1) is 9.60. The lowest BCUT2D eigenvalue weighted by Crippen LogP contribution is -2.13. The molecule has 0 aliphatic carbocycles. The van der Waals surface area contributed by atoms with Crippen LogP contribution in [0, 0.1) is 0 Å². The molecular formula is C17H26O3. The van der Waals surface area contributed by atoms with Crippen molar-refractivity contribution in [2.75, 3.05) is 13.2 Å². The van der Waals surface area contributed by atoms with Crippen LogP contribution in [-0.4, -0.2) is 24.3 Å². The number of aryl methyl sites for hydroxylation is 1. The van der Waals surface area contributed by atoms with Crippen LogP contribution in [0.2, 0.25) is 0 Å². The van der Waals surface area contributed by atoms with E-state index in [9.17, 15) is 9.90 Å². The fourth-order valence-electron chi connectivity index (χ4n) is 2.85. The molecule has 112 valence electrons. The number of hydrogen-bond acceptors (Lipinski definition) is 2. The molecule has 1 aromatic rings. The van der Waals surface area contributed by atoms with Crippen molar-refractivity contribution >= 4 is 5.97 Å². The Balaban J connectivity index is 3.35. The van der Waals surface area contributed by atoms with Gasteiger partial charge in [0.1, 0.15) is 0 Å². The van der Waals surface area contributed by atoms with Gasteiger partial charge in [0.15, 0.2) is 0 Å². The summed E-state index contributed by atoms with van der Waals surface area (Å²) in [5, 5.41) is 9.42. The summed E-state index contributed by atoms with van der Waals surface area (Å²) in [7, 11) is 0. The molecule has 3 heteroatoms. The molecule has 0 bridgehead atoms. The van der Waals surface area contributed by atoms with Crippen LogP contribution in [0.25, 0.3) is 0 Å². The monoisotopic (exact) mass is 278 g/mol. The molecule has 20 heavy (non-hydrogen) atoms. The summed E-state index contributed by atoms with van der Waals surface area (Å²) in [4.78, 5) is 11.5. The van der Waals surface area contributed by atoms with Gasteiger partial charge in [-0.1, -0.05) is 20.8 Å². The Kier molecular flexibility index (Phi) is 6.73. The van der Waals surface area contributed by atoms with Crippen molar-refractivity contribution in [3.05, 3.63) is 33.9 Å². The maximum Gasteiger partial charge on any atom is 0.335 e. The first kappa shape index (κ1) is 16.7. The van der Waals surface area contributed by atoms with E-state index in [2.05, 4.69) is 13.8 Å². The number of hydrogen-bond donors (Lipinski definition) is 1. The highest BCUT2D eigenvalue weighted by molar-refractivity contribution is 5.90. The SMILES string of the molecule is CCOCCc1c(CC)cc(C(=O)O)c(CC)c1CC. The molecule has 1 N–H and O–H groups in total. The van der Waals surface area contributed by atoms with Crippen molar-refractivity contribution in [2.45, 2.75) is 53.4 Å². The first-order valence-electron chi connectivity index (χ1n) is 7.58. The van der Waals surface area contributed by atoms with E-state index in [1.165, 1.54) is 11.1 Å². The van der Waals surface area contributed by atoms with Gasteiger partial charge < -0.3 is 9.84 Å². The molecule has 0 amide bonds. The number of carboxylic acid groups (broad SMARTS) is 1. The summed E-state index contributed by atoms with van der Waals surface area (Å²) in [6.07, 6.45) is 3.36. The van der Waals surface area contributed by atoms with Crippen LogP contribution in [0.3, 0.4) is 0 Å². The third-order valence-electron chi connectivity index (χ3n) is 3.78. The molecule has 0 saturated heterocycles. The molecule has 3 nitrogen and oxygen atoms in total. The molecule has 0 heterocycles. The van der Waals surface area contributed by atoms with Gasteiger partial charge in [0, 0.05) is 6.61 Å². The van der Waals surface area contributed by atoms with E-state index in [1.54, 1.807) is 0 Å². The predicted octanol–water partition coefficient (Wildman–Crippen LogP) is 3.65. The van der Waals surface area contributed by atoms with Gasteiger partial charge in [-0.15, -0.1) is 0 Å². The van der Waals surface area contributed by atoms with Crippen LogP contribution in [0.5, 0.6) is 0 Å². The second kappa shape index (κ2) is 8.05. The summed E-state index contributed by atoms with van der Waals surface area (Å²) in [6, 6.07) is 1.86. The largest absolute Gasteiger partial charge is 0.478 e. The van der Waals surface area contributed by atoms with Gasteiger partial charge in [0.05, 0.1) is 12.2 Å². The molecule has 0 fully saturated rings. The van der Waals surface area contributed by atoms with Crippen LogP contribution in [0.4, 0.5) is 0 Å². The van der Waals surface area contributed by atoms with E-state index in [-0.39, 0.29) is 0 Å². The average Bonchev–Trinajstić information content (AvgIpc) is 2.45. The predicted molar refractivity (Wildman–Crippen MR) is 81.7 cm³/mol. The van der Waals surface area contributed by atoms with Crippen molar-refractivity contribution in [1.82, 2.24) is 0 Å². The van der Waals surface area contributed by atoms with Gasteiger partial charge in [-0.25, -0.2) is 4.79 Å². The first-order valence-corrected chi connectivity index (χ1v) is 7.58. The molecule has 0 atom stereocenters. The Labute approximate surface area is 122 Å². The van der Waals surface area contributed by atoms with E-state index in [0.29, 0.717) is 12.2 Å². The number of carboxylic acids is 1. The molecular weight excluding hydrogens is 252 g/mol. The molecule has 1 aromatic carbocycles. The number of ether oxygens (including phenoxy) is 1. The summed E-state index contributed by atoms with van der Waals surface area (Å²) in [5.41, 5.74) is 5.12. The van der Waals surface area contributed by atoms with Gasteiger partial charge in [0.2, 0.25) is 0 Å². The second-order valence-electron chi connectivity index (χ2n) is 4.83. The lowest BCUT2D eigenvalue weighted by molar-refractivity contribution is 0.0695. The smallest absolute Gasteiger partial charge is 0.335 e. The Morgan fingerprint density at radius 2 is 1.70 bits per heavy atom. The third kappa shape index (κ3) is 3.60. The van der Waals surface area contributed by atoms with Gasteiger partial charge in [0.25, 0.3) is 0 Å². The average molecular weight is 278 g/mol. The zero-order chi connectivity index (χ0) is 15.1. The standard InChI is InChI=1S/C17H26O3/c1-5-12-11-16(17(18)19)14(7-3)13(6-2)15(12)9-10-20-8-4/h11H,5-10H2,1-4H3,(H,18,19). The van der Waals surface area contributed by atoms with E-state index in [0.717, 1.165) is 43.4 Å². The number of benzene rings is 1. The highest BCUT2D eigenvalue weighted by Crippen LogP contribution is 2.26. The summed E-state index contributed by atoms with van der Waals surface area (Å²) in [5.74, 6) is -0.817. The Bertz CT molecular complexity index is 464. The van der Waals surface area contributed by atoms with Crippen molar-refractivity contribution in [1.29, 1.82) is 0 Å². The molecule has 0 aliphatic heterocycles. The fourth-order valence-corrected chi connectivity index (χ4v) is 2.85. The van der Waals surface area contributed by atoms with Crippen LogP contribution >= 0.6 is 0 Å². The van der Waals surface area contributed by atoms with Crippen molar-refractivity contribution in [2.24, 2.45) is 0 Å². The molecule has 1 rings (SSSR count). The highest BCUT2D eigenvalue weighted by Gasteiger charge is 2.18. The van der Waals surface area contributed by atoms with Crippen LogP contribution in [-0.2, 0) is 30.4 Å². The Morgan fingerprint density at radius 1 is 1.05 bits per heavy atom. The van der Waals surface area contributed by atoms with E-state index in [1.807, 2.05) is 19.9 Å². The van der Waals surface area contributed by atoms with Crippen molar-refractivity contribution in [3.8, 4) is 0 Å². The van der Waals surface area contributed by atoms with Crippen LogP contribution < -0.4 is 0 Å². The fraction of sp³-hybridized carbons (Fsp3) is 0.588. The summed E-state index contributed by atoms with van der Waals surface area (Å²) in [6.45, 7) is 9.62. The topological polar surface area (TPSA) is 46.5 Å². The van der Waals surface area contributed by atoms with Gasteiger partial charge in [-0.3, -0.25) is 0 Å². The minimum absolute atomic E-state index is 0.473. The van der Waals surface area contributed by atoms with E-state index in [4.69, 9.17) is 4.74 Å². The molecule has 0 saturated carbocycles. The molecule has 0 radical (unpaired) electrons. The van der Waals surface area contributed by atoms with Gasteiger partial charge in [-0.05, 0) is 60.9 Å². The van der Waals surface area contributed by atoms with Crippen LogP contribution in [0.1, 0.15) is 60.3 Å². The normalized spacial score (nSPS) is 10.8. The highest BCUT2D eigenvalue weighted by atomic mass is 16.5. The summed E-state index contributed by atoms with van der Waals surface area (Å²) >= 11 is 0. The third-order valence-corrected chi connectivity index (χ3v) is 3.78. The van der Waals surface area contributed by atoms with E-state index < -0.39 is 5.97 Å².